The number of ketones is 1. The van der Waals surface area contributed by atoms with E-state index in [1.165, 1.54) is 31.2 Å². The van der Waals surface area contributed by atoms with E-state index in [9.17, 15) is 9.18 Å². The molecule has 3 heteroatoms. The summed E-state index contributed by atoms with van der Waals surface area (Å²) in [6.45, 7) is 1.42. The van der Waals surface area contributed by atoms with Gasteiger partial charge in [-0.15, -0.1) is 0 Å². The second-order valence-electron chi connectivity index (χ2n) is 2.65. The lowest BCUT2D eigenvalue weighted by atomic mass is 10.2. The second kappa shape index (κ2) is 3.85. The third-order valence-electron chi connectivity index (χ3n) is 1.48. The van der Waals surface area contributed by atoms with Crippen LogP contribution in [0.5, 0.6) is 5.75 Å². The zero-order chi connectivity index (χ0) is 9.84. The van der Waals surface area contributed by atoms with Crippen LogP contribution in [0.3, 0.4) is 0 Å². The Morgan fingerprint density at radius 2 is 2.23 bits per heavy atom. The Bertz CT molecular complexity index is 356. The summed E-state index contributed by atoms with van der Waals surface area (Å²) in [6, 6.07) is 3.89. The lowest BCUT2D eigenvalue weighted by Crippen LogP contribution is -1.81. The number of hydrogen-bond acceptors (Lipinski definition) is 2. The van der Waals surface area contributed by atoms with E-state index in [0.717, 1.165) is 6.07 Å². The molecule has 2 nitrogen and oxygen atoms in total. The Labute approximate surface area is 75.3 Å². The van der Waals surface area contributed by atoms with E-state index in [1.807, 2.05) is 0 Å². The van der Waals surface area contributed by atoms with Gasteiger partial charge in [-0.3, -0.25) is 4.79 Å². The van der Waals surface area contributed by atoms with Crippen LogP contribution >= 0.6 is 0 Å². The molecule has 0 radical (unpaired) electrons. The Balaban J connectivity index is 2.92. The number of benzene rings is 1. The third kappa shape index (κ3) is 2.71. The number of halogens is 1. The average Bonchev–Trinajstić information content (AvgIpc) is 2.07. The first-order valence-electron chi connectivity index (χ1n) is 3.77. The summed E-state index contributed by atoms with van der Waals surface area (Å²) < 4.78 is 12.6. The topological polar surface area (TPSA) is 37.3 Å². The summed E-state index contributed by atoms with van der Waals surface area (Å²) in [5.41, 5.74) is 0.592. The Kier molecular flexibility index (Phi) is 2.80. The molecule has 0 heterocycles. The number of carbonyl (C=O) groups excluding carboxylic acids is 1. The molecule has 0 bridgehead atoms. The summed E-state index contributed by atoms with van der Waals surface area (Å²) in [4.78, 5) is 10.5. The van der Waals surface area contributed by atoms with Crippen molar-refractivity contribution in [2.75, 3.05) is 0 Å². The van der Waals surface area contributed by atoms with Crippen molar-refractivity contribution in [1.29, 1.82) is 0 Å². The van der Waals surface area contributed by atoms with Gasteiger partial charge in [0.15, 0.2) is 17.3 Å². The van der Waals surface area contributed by atoms with Gasteiger partial charge in [0, 0.05) is 0 Å². The molecule has 0 amide bonds. The number of rotatable bonds is 2. The van der Waals surface area contributed by atoms with Crippen molar-refractivity contribution in [2.45, 2.75) is 6.92 Å². The number of phenols is 1. The molecule has 1 N–H and O–H groups in total. The van der Waals surface area contributed by atoms with Crippen molar-refractivity contribution in [3.8, 4) is 5.75 Å². The Hall–Kier alpha value is -1.64. The molecule has 68 valence electrons. The Morgan fingerprint density at radius 3 is 2.77 bits per heavy atom. The number of aromatic hydroxyl groups is 1. The van der Waals surface area contributed by atoms with E-state index in [2.05, 4.69) is 0 Å². The van der Waals surface area contributed by atoms with Gasteiger partial charge < -0.3 is 5.11 Å². The van der Waals surface area contributed by atoms with Crippen LogP contribution in [0.2, 0.25) is 0 Å². The molecule has 13 heavy (non-hydrogen) atoms. The van der Waals surface area contributed by atoms with Gasteiger partial charge in [-0.1, -0.05) is 12.1 Å². The van der Waals surface area contributed by atoms with Crippen molar-refractivity contribution < 1.29 is 14.3 Å². The minimum Gasteiger partial charge on any atom is -0.505 e. The molecule has 1 rings (SSSR count). The van der Waals surface area contributed by atoms with Gasteiger partial charge in [-0.05, 0) is 30.7 Å². The zero-order valence-corrected chi connectivity index (χ0v) is 7.12. The van der Waals surface area contributed by atoms with Crippen LogP contribution in [-0.2, 0) is 4.79 Å². The maximum Gasteiger partial charge on any atom is 0.164 e. The van der Waals surface area contributed by atoms with Gasteiger partial charge in [0.05, 0.1) is 0 Å². The quantitative estimate of drug-likeness (QED) is 0.708. The largest absolute Gasteiger partial charge is 0.505 e. The van der Waals surface area contributed by atoms with E-state index in [1.54, 1.807) is 0 Å². The monoisotopic (exact) mass is 180 g/mol. The molecule has 0 aromatic heterocycles. The smallest absolute Gasteiger partial charge is 0.164 e. The summed E-state index contributed by atoms with van der Waals surface area (Å²) >= 11 is 0. The first-order valence-corrected chi connectivity index (χ1v) is 3.77. The molecule has 0 saturated heterocycles. The fourth-order valence-electron chi connectivity index (χ4n) is 0.847. The van der Waals surface area contributed by atoms with Crippen LogP contribution in [0.25, 0.3) is 6.08 Å². The van der Waals surface area contributed by atoms with Crippen LogP contribution in [0, 0.1) is 5.82 Å². The van der Waals surface area contributed by atoms with Crippen molar-refractivity contribution in [3.05, 3.63) is 35.7 Å². The first-order chi connectivity index (χ1) is 6.09. The summed E-state index contributed by atoms with van der Waals surface area (Å²) in [6.07, 6.45) is 2.87. The number of allylic oxidation sites excluding steroid dienone is 1. The molecule has 0 unspecified atom stereocenters. The highest BCUT2D eigenvalue weighted by molar-refractivity contribution is 5.91. The molecular weight excluding hydrogens is 171 g/mol. The predicted octanol–water partition coefficient (Wildman–Crippen LogP) is 2.13. The number of carbonyl (C=O) groups is 1. The lowest BCUT2D eigenvalue weighted by Gasteiger charge is -1.96. The van der Waals surface area contributed by atoms with E-state index < -0.39 is 11.6 Å². The second-order valence-corrected chi connectivity index (χ2v) is 2.65. The fourth-order valence-corrected chi connectivity index (χ4v) is 0.847. The molecule has 0 atom stereocenters. The van der Waals surface area contributed by atoms with Gasteiger partial charge in [0.1, 0.15) is 0 Å². The van der Waals surface area contributed by atoms with Crippen LogP contribution < -0.4 is 0 Å². The predicted molar refractivity (Wildman–Crippen MR) is 47.8 cm³/mol. The normalized spacial score (nSPS) is 10.6. The van der Waals surface area contributed by atoms with Crippen LogP contribution in [0.1, 0.15) is 12.5 Å². The highest BCUT2D eigenvalue weighted by Crippen LogP contribution is 2.17. The third-order valence-corrected chi connectivity index (χ3v) is 1.48. The highest BCUT2D eigenvalue weighted by atomic mass is 19.1. The molecule has 0 saturated carbocycles. The van der Waals surface area contributed by atoms with Gasteiger partial charge in [-0.2, -0.15) is 0 Å². The minimum absolute atomic E-state index is 0.0937. The van der Waals surface area contributed by atoms with Crippen LogP contribution in [0.15, 0.2) is 24.3 Å². The fraction of sp³-hybridized carbons (Fsp3) is 0.100. The number of hydrogen-bond donors (Lipinski definition) is 1. The molecule has 1 aromatic rings. The van der Waals surface area contributed by atoms with Crippen molar-refractivity contribution in [1.82, 2.24) is 0 Å². The van der Waals surface area contributed by atoms with Gasteiger partial charge in [0.2, 0.25) is 0 Å². The Morgan fingerprint density at radius 1 is 1.54 bits per heavy atom. The van der Waals surface area contributed by atoms with E-state index in [4.69, 9.17) is 5.11 Å². The van der Waals surface area contributed by atoms with Crippen molar-refractivity contribution >= 4 is 11.9 Å². The molecular formula is C10H9FO2. The molecule has 0 aliphatic rings. The van der Waals surface area contributed by atoms with Crippen molar-refractivity contribution in [2.24, 2.45) is 0 Å². The maximum atomic E-state index is 12.6. The summed E-state index contributed by atoms with van der Waals surface area (Å²) in [7, 11) is 0. The molecule has 0 aliphatic heterocycles. The molecule has 0 spiro atoms. The highest BCUT2D eigenvalue weighted by Gasteiger charge is 1.98. The van der Waals surface area contributed by atoms with Crippen LogP contribution in [0.4, 0.5) is 4.39 Å². The van der Waals surface area contributed by atoms with E-state index in [-0.39, 0.29) is 5.78 Å². The molecule has 0 aliphatic carbocycles. The van der Waals surface area contributed by atoms with Crippen LogP contribution in [-0.4, -0.2) is 10.9 Å². The van der Waals surface area contributed by atoms with E-state index in [0.29, 0.717) is 5.56 Å². The first kappa shape index (κ1) is 9.45. The zero-order valence-electron chi connectivity index (χ0n) is 7.12. The lowest BCUT2D eigenvalue weighted by molar-refractivity contribution is -0.112. The van der Waals surface area contributed by atoms with E-state index >= 15 is 0 Å². The number of phenolic OH excluding ortho intramolecular Hbond substituents is 1. The minimum atomic E-state index is -0.667. The van der Waals surface area contributed by atoms with Crippen molar-refractivity contribution in [3.63, 3.8) is 0 Å². The average molecular weight is 180 g/mol. The SMILES string of the molecule is CC(=O)C=Cc1ccc(F)c(O)c1. The summed E-state index contributed by atoms with van der Waals surface area (Å²) in [5, 5.41) is 8.97. The maximum absolute atomic E-state index is 12.6. The van der Waals surface area contributed by atoms with Gasteiger partial charge >= 0.3 is 0 Å². The van der Waals surface area contributed by atoms with Gasteiger partial charge in [0.25, 0.3) is 0 Å². The van der Waals surface area contributed by atoms with Gasteiger partial charge in [-0.25, -0.2) is 4.39 Å². The molecule has 0 fully saturated rings. The standard InChI is InChI=1S/C10H9FO2/c1-7(12)2-3-8-4-5-9(11)10(13)6-8/h2-6,13H,1H3. The summed E-state index contributed by atoms with van der Waals surface area (Å²) in [5.74, 6) is -1.17. The molecule has 1 aromatic carbocycles.